The molecule has 5 heteroatoms. The first kappa shape index (κ1) is 14.6. The molecule has 1 aliphatic rings. The van der Waals surface area contributed by atoms with E-state index < -0.39 is 9.84 Å². The molecule has 1 aromatic carbocycles. The van der Waals surface area contributed by atoms with Gasteiger partial charge >= 0.3 is 0 Å². The van der Waals surface area contributed by atoms with E-state index in [-0.39, 0.29) is 5.92 Å². The highest BCUT2D eigenvalue weighted by Gasteiger charge is 2.23. The predicted molar refractivity (Wildman–Crippen MR) is 83.9 cm³/mol. The standard InChI is InChI=1S/C16H21NO3S/c1-21(18,19)12-13-5-4-8-17(10-13)11-15-9-14-6-2-3-7-16(14)20-15/h2-3,6-7,9,13H,4-5,8,10-12H2,1H3/t13-/m0/s1. The fraction of sp³-hybridized carbons (Fsp3) is 0.500. The van der Waals surface area contributed by atoms with Gasteiger partial charge in [0.15, 0.2) is 0 Å². The summed E-state index contributed by atoms with van der Waals surface area (Å²) in [6.07, 6.45) is 3.38. The molecular weight excluding hydrogens is 286 g/mol. The molecule has 0 bridgehead atoms. The minimum Gasteiger partial charge on any atom is -0.460 e. The Bertz CT molecular complexity index is 687. The maximum atomic E-state index is 11.4. The number of hydrogen-bond donors (Lipinski definition) is 0. The van der Waals surface area contributed by atoms with Crippen molar-refractivity contribution in [1.82, 2.24) is 4.90 Å². The molecule has 2 aromatic rings. The minimum absolute atomic E-state index is 0.248. The molecule has 0 N–H and O–H groups in total. The third-order valence-corrected chi connectivity index (χ3v) is 5.07. The average Bonchev–Trinajstić information content (AvgIpc) is 2.79. The third kappa shape index (κ3) is 3.86. The van der Waals surface area contributed by atoms with E-state index in [0.717, 1.165) is 49.2 Å². The highest BCUT2D eigenvalue weighted by atomic mass is 32.2. The van der Waals surface area contributed by atoms with Crippen molar-refractivity contribution in [2.75, 3.05) is 25.1 Å². The number of benzene rings is 1. The molecule has 2 heterocycles. The zero-order valence-corrected chi connectivity index (χ0v) is 13.1. The van der Waals surface area contributed by atoms with Crippen LogP contribution >= 0.6 is 0 Å². The van der Waals surface area contributed by atoms with Gasteiger partial charge in [-0.3, -0.25) is 4.90 Å². The van der Waals surface area contributed by atoms with Crippen molar-refractivity contribution in [2.24, 2.45) is 5.92 Å². The molecule has 0 aliphatic carbocycles. The summed E-state index contributed by atoms with van der Waals surface area (Å²) >= 11 is 0. The van der Waals surface area contributed by atoms with Gasteiger partial charge in [0.05, 0.1) is 12.3 Å². The number of piperidine rings is 1. The lowest BCUT2D eigenvalue weighted by Gasteiger charge is -2.31. The quantitative estimate of drug-likeness (QED) is 0.871. The van der Waals surface area contributed by atoms with E-state index in [0.29, 0.717) is 5.75 Å². The molecule has 0 radical (unpaired) electrons. The van der Waals surface area contributed by atoms with E-state index in [4.69, 9.17) is 4.42 Å². The molecular formula is C16H21NO3S. The number of sulfone groups is 1. The highest BCUT2D eigenvalue weighted by Crippen LogP contribution is 2.23. The van der Waals surface area contributed by atoms with E-state index in [1.807, 2.05) is 24.3 Å². The minimum atomic E-state index is -2.89. The number of likely N-dealkylation sites (tertiary alicyclic amines) is 1. The average molecular weight is 307 g/mol. The van der Waals surface area contributed by atoms with Crippen molar-refractivity contribution in [2.45, 2.75) is 19.4 Å². The second-order valence-corrected chi connectivity index (χ2v) is 8.27. The summed E-state index contributed by atoms with van der Waals surface area (Å²) in [5, 5.41) is 1.12. The largest absolute Gasteiger partial charge is 0.460 e. The monoisotopic (exact) mass is 307 g/mol. The van der Waals surface area contributed by atoms with E-state index in [1.54, 1.807) is 0 Å². The smallest absolute Gasteiger partial charge is 0.147 e. The van der Waals surface area contributed by atoms with Crippen LogP contribution in [0.3, 0.4) is 0 Å². The summed E-state index contributed by atoms with van der Waals surface area (Å²) in [7, 11) is -2.89. The second kappa shape index (κ2) is 5.81. The van der Waals surface area contributed by atoms with E-state index in [2.05, 4.69) is 11.0 Å². The molecule has 4 nitrogen and oxygen atoms in total. The first-order valence-electron chi connectivity index (χ1n) is 7.37. The van der Waals surface area contributed by atoms with Crippen LogP contribution in [0.4, 0.5) is 0 Å². The normalized spacial score (nSPS) is 20.9. The van der Waals surface area contributed by atoms with Gasteiger partial charge in [0.25, 0.3) is 0 Å². The van der Waals surface area contributed by atoms with Crippen LogP contribution in [0.1, 0.15) is 18.6 Å². The Morgan fingerprint density at radius 1 is 1.33 bits per heavy atom. The zero-order chi connectivity index (χ0) is 14.9. The summed E-state index contributed by atoms with van der Waals surface area (Å²) in [6, 6.07) is 10.1. The fourth-order valence-electron chi connectivity index (χ4n) is 3.19. The van der Waals surface area contributed by atoms with Crippen molar-refractivity contribution < 1.29 is 12.8 Å². The van der Waals surface area contributed by atoms with Crippen molar-refractivity contribution in [3.8, 4) is 0 Å². The van der Waals surface area contributed by atoms with Gasteiger partial charge in [-0.2, -0.15) is 0 Å². The molecule has 114 valence electrons. The second-order valence-electron chi connectivity index (χ2n) is 6.09. The molecule has 0 unspecified atom stereocenters. The maximum Gasteiger partial charge on any atom is 0.147 e. The Balaban J connectivity index is 1.66. The van der Waals surface area contributed by atoms with E-state index in [1.165, 1.54) is 6.26 Å². The Kier molecular flexibility index (Phi) is 4.04. The van der Waals surface area contributed by atoms with Gasteiger partial charge in [-0.1, -0.05) is 18.2 Å². The zero-order valence-electron chi connectivity index (χ0n) is 12.3. The van der Waals surface area contributed by atoms with Gasteiger partial charge in [0.1, 0.15) is 21.2 Å². The number of para-hydroxylation sites is 1. The molecule has 1 aromatic heterocycles. The van der Waals surface area contributed by atoms with Gasteiger partial charge in [0, 0.05) is 18.2 Å². The SMILES string of the molecule is CS(=O)(=O)C[C@H]1CCCN(Cc2cc3ccccc3o2)C1. The van der Waals surface area contributed by atoms with Crippen molar-refractivity contribution in [1.29, 1.82) is 0 Å². The Morgan fingerprint density at radius 3 is 2.90 bits per heavy atom. The van der Waals surface area contributed by atoms with E-state index in [9.17, 15) is 8.42 Å². The molecule has 21 heavy (non-hydrogen) atoms. The number of furan rings is 1. The fourth-order valence-corrected chi connectivity index (χ4v) is 4.32. The van der Waals surface area contributed by atoms with Gasteiger partial charge in [0.2, 0.25) is 0 Å². The van der Waals surface area contributed by atoms with Gasteiger partial charge in [-0.05, 0) is 37.4 Å². The van der Waals surface area contributed by atoms with Crippen LogP contribution in [0.15, 0.2) is 34.7 Å². The number of fused-ring (bicyclic) bond motifs is 1. The highest BCUT2D eigenvalue weighted by molar-refractivity contribution is 7.90. The number of nitrogens with zero attached hydrogens (tertiary/aromatic N) is 1. The maximum absolute atomic E-state index is 11.4. The molecule has 1 aliphatic heterocycles. The lowest BCUT2D eigenvalue weighted by molar-refractivity contribution is 0.167. The Hall–Kier alpha value is -1.33. The van der Waals surface area contributed by atoms with Crippen LogP contribution in [-0.4, -0.2) is 38.4 Å². The first-order chi connectivity index (χ1) is 9.99. The summed E-state index contributed by atoms with van der Waals surface area (Å²) in [6.45, 7) is 2.61. The van der Waals surface area contributed by atoms with Crippen LogP contribution in [-0.2, 0) is 16.4 Å². The van der Waals surface area contributed by atoms with Gasteiger partial charge in [-0.15, -0.1) is 0 Å². The number of rotatable bonds is 4. The van der Waals surface area contributed by atoms with Crippen LogP contribution in [0, 0.1) is 5.92 Å². The van der Waals surface area contributed by atoms with E-state index >= 15 is 0 Å². The van der Waals surface area contributed by atoms with Crippen molar-refractivity contribution in [3.05, 3.63) is 36.1 Å². The van der Waals surface area contributed by atoms with Crippen molar-refractivity contribution in [3.63, 3.8) is 0 Å². The Labute approximate surface area is 125 Å². The summed E-state index contributed by atoms with van der Waals surface area (Å²) in [5.74, 6) is 1.50. The van der Waals surface area contributed by atoms with Crippen LogP contribution < -0.4 is 0 Å². The predicted octanol–water partition coefficient (Wildman–Crippen LogP) is 2.69. The first-order valence-corrected chi connectivity index (χ1v) is 9.43. The molecule has 1 saturated heterocycles. The molecule has 0 spiro atoms. The molecule has 1 fully saturated rings. The van der Waals surface area contributed by atoms with Gasteiger partial charge < -0.3 is 4.42 Å². The third-order valence-electron chi connectivity index (χ3n) is 4.00. The topological polar surface area (TPSA) is 50.5 Å². The summed E-state index contributed by atoms with van der Waals surface area (Å²) in [5.41, 5.74) is 0.914. The molecule has 1 atom stereocenters. The molecule has 0 saturated carbocycles. The Morgan fingerprint density at radius 2 is 2.14 bits per heavy atom. The summed E-state index contributed by atoms with van der Waals surface area (Å²) in [4.78, 5) is 2.30. The lowest BCUT2D eigenvalue weighted by Crippen LogP contribution is -2.37. The van der Waals surface area contributed by atoms with Crippen LogP contribution in [0.25, 0.3) is 11.0 Å². The van der Waals surface area contributed by atoms with Crippen molar-refractivity contribution >= 4 is 20.8 Å². The van der Waals surface area contributed by atoms with Crippen LogP contribution in [0.2, 0.25) is 0 Å². The number of hydrogen-bond acceptors (Lipinski definition) is 4. The molecule has 0 amide bonds. The van der Waals surface area contributed by atoms with Crippen LogP contribution in [0.5, 0.6) is 0 Å². The van der Waals surface area contributed by atoms with Gasteiger partial charge in [-0.25, -0.2) is 8.42 Å². The summed E-state index contributed by atoms with van der Waals surface area (Å²) < 4.78 is 28.7. The lowest BCUT2D eigenvalue weighted by atomic mass is 10.00. The molecule has 3 rings (SSSR count).